The molecule has 0 saturated carbocycles. The van der Waals surface area contributed by atoms with Gasteiger partial charge in [-0.25, -0.2) is 4.68 Å². The molecule has 0 fully saturated rings. The largest absolute Gasteiger partial charge is 0.454 e. The number of aliphatic hydroxyl groups is 1. The predicted molar refractivity (Wildman–Crippen MR) is 81.0 cm³/mol. The van der Waals surface area contributed by atoms with Crippen molar-refractivity contribution >= 4 is 0 Å². The van der Waals surface area contributed by atoms with Crippen LogP contribution < -0.4 is 9.47 Å². The summed E-state index contributed by atoms with van der Waals surface area (Å²) < 4.78 is 12.5. The van der Waals surface area contributed by atoms with Crippen LogP contribution in [-0.4, -0.2) is 21.7 Å². The predicted octanol–water partition coefficient (Wildman–Crippen LogP) is 2.76. The molecule has 5 heteroatoms. The second kappa shape index (κ2) is 5.20. The normalized spacial score (nSPS) is 12.6. The minimum Gasteiger partial charge on any atom is -0.454 e. The number of benzene rings is 2. The van der Waals surface area contributed by atoms with Crippen molar-refractivity contribution in [3.63, 3.8) is 0 Å². The number of rotatable bonds is 3. The molecule has 2 aromatic carbocycles. The topological polar surface area (TPSA) is 56.5 Å². The second-order valence-corrected chi connectivity index (χ2v) is 5.01. The van der Waals surface area contributed by atoms with Gasteiger partial charge in [0.1, 0.15) is 0 Å². The Labute approximate surface area is 127 Å². The Morgan fingerprint density at radius 3 is 2.68 bits per heavy atom. The van der Waals surface area contributed by atoms with Crippen LogP contribution in [0, 0.1) is 0 Å². The van der Waals surface area contributed by atoms with Crippen LogP contribution in [0.2, 0.25) is 0 Å². The van der Waals surface area contributed by atoms with E-state index in [0.717, 1.165) is 28.3 Å². The molecule has 1 aromatic heterocycles. The molecule has 1 aliphatic heterocycles. The summed E-state index contributed by atoms with van der Waals surface area (Å²) in [6.07, 6.45) is 1.84. The molecule has 110 valence electrons. The van der Waals surface area contributed by atoms with Gasteiger partial charge in [0.15, 0.2) is 11.5 Å². The van der Waals surface area contributed by atoms with Crippen molar-refractivity contribution in [1.29, 1.82) is 0 Å². The molecule has 0 saturated heterocycles. The van der Waals surface area contributed by atoms with E-state index >= 15 is 0 Å². The van der Waals surface area contributed by atoms with Gasteiger partial charge in [0.05, 0.1) is 18.0 Å². The molecule has 0 aliphatic carbocycles. The smallest absolute Gasteiger partial charge is 0.231 e. The molecule has 0 unspecified atom stereocenters. The van der Waals surface area contributed by atoms with E-state index in [1.165, 1.54) is 0 Å². The lowest BCUT2D eigenvalue weighted by Crippen LogP contribution is -1.94. The Kier molecular flexibility index (Phi) is 3.05. The molecule has 0 atom stereocenters. The highest BCUT2D eigenvalue weighted by atomic mass is 16.7. The third-order valence-corrected chi connectivity index (χ3v) is 3.63. The third kappa shape index (κ3) is 2.12. The number of ether oxygens (including phenoxy) is 2. The van der Waals surface area contributed by atoms with Crippen molar-refractivity contribution in [2.75, 3.05) is 6.79 Å². The lowest BCUT2D eigenvalue weighted by Gasteiger charge is -2.02. The van der Waals surface area contributed by atoms with E-state index in [-0.39, 0.29) is 13.4 Å². The highest BCUT2D eigenvalue weighted by Crippen LogP contribution is 2.36. The molecule has 22 heavy (non-hydrogen) atoms. The Balaban J connectivity index is 1.80. The molecular weight excluding hydrogens is 280 g/mol. The maximum atomic E-state index is 9.62. The first-order valence-electron chi connectivity index (χ1n) is 7.00. The Hall–Kier alpha value is -2.79. The summed E-state index contributed by atoms with van der Waals surface area (Å²) in [7, 11) is 0. The lowest BCUT2D eigenvalue weighted by molar-refractivity contribution is 0.174. The minimum atomic E-state index is -0.0728. The molecule has 0 amide bonds. The van der Waals surface area contributed by atoms with Crippen LogP contribution in [0.25, 0.3) is 16.9 Å². The number of hydrogen-bond donors (Lipinski definition) is 1. The number of hydrogen-bond acceptors (Lipinski definition) is 4. The molecule has 0 radical (unpaired) electrons. The van der Waals surface area contributed by atoms with Gasteiger partial charge in [-0.05, 0) is 30.3 Å². The molecule has 2 heterocycles. The van der Waals surface area contributed by atoms with Gasteiger partial charge >= 0.3 is 0 Å². The second-order valence-electron chi connectivity index (χ2n) is 5.01. The third-order valence-electron chi connectivity index (χ3n) is 3.63. The first kappa shape index (κ1) is 12.9. The van der Waals surface area contributed by atoms with E-state index in [4.69, 9.17) is 9.47 Å². The van der Waals surface area contributed by atoms with E-state index in [1.54, 1.807) is 4.68 Å². The monoisotopic (exact) mass is 294 g/mol. The maximum Gasteiger partial charge on any atom is 0.231 e. The van der Waals surface area contributed by atoms with Crippen molar-refractivity contribution in [2.24, 2.45) is 0 Å². The Morgan fingerprint density at radius 2 is 1.86 bits per heavy atom. The van der Waals surface area contributed by atoms with Crippen LogP contribution in [0.3, 0.4) is 0 Å². The maximum absolute atomic E-state index is 9.62. The molecule has 1 N–H and O–H groups in total. The fourth-order valence-corrected chi connectivity index (χ4v) is 2.53. The average molecular weight is 294 g/mol. The van der Waals surface area contributed by atoms with Crippen LogP contribution in [0.4, 0.5) is 0 Å². The van der Waals surface area contributed by atoms with Crippen molar-refractivity contribution in [3.05, 3.63) is 60.3 Å². The lowest BCUT2D eigenvalue weighted by atomic mass is 10.1. The van der Waals surface area contributed by atoms with E-state index in [1.807, 2.05) is 54.7 Å². The fraction of sp³-hybridized carbons (Fsp3) is 0.118. The van der Waals surface area contributed by atoms with E-state index in [2.05, 4.69) is 5.10 Å². The summed E-state index contributed by atoms with van der Waals surface area (Å²) in [5.74, 6) is 1.44. The van der Waals surface area contributed by atoms with Crippen LogP contribution in [0.5, 0.6) is 11.5 Å². The van der Waals surface area contributed by atoms with Gasteiger partial charge in [-0.2, -0.15) is 5.10 Å². The van der Waals surface area contributed by atoms with Gasteiger partial charge in [0.25, 0.3) is 0 Å². The fourth-order valence-electron chi connectivity index (χ4n) is 2.53. The first-order chi connectivity index (χ1) is 10.8. The molecule has 4 rings (SSSR count). The molecule has 1 aliphatic rings. The zero-order valence-electron chi connectivity index (χ0n) is 11.8. The van der Waals surface area contributed by atoms with Crippen molar-refractivity contribution in [2.45, 2.75) is 6.61 Å². The van der Waals surface area contributed by atoms with Crippen molar-refractivity contribution < 1.29 is 14.6 Å². The van der Waals surface area contributed by atoms with Gasteiger partial charge in [0, 0.05) is 17.3 Å². The van der Waals surface area contributed by atoms with E-state index in [0.29, 0.717) is 5.75 Å². The van der Waals surface area contributed by atoms with Crippen LogP contribution in [0.1, 0.15) is 5.56 Å². The highest BCUT2D eigenvalue weighted by Gasteiger charge is 2.17. The van der Waals surface area contributed by atoms with Crippen LogP contribution in [-0.2, 0) is 6.61 Å². The summed E-state index contributed by atoms with van der Waals surface area (Å²) in [5, 5.41) is 14.2. The number of fused-ring (bicyclic) bond motifs is 1. The van der Waals surface area contributed by atoms with E-state index < -0.39 is 0 Å². The summed E-state index contributed by atoms with van der Waals surface area (Å²) in [6, 6.07) is 15.5. The number of aromatic nitrogens is 2. The zero-order chi connectivity index (χ0) is 14.9. The van der Waals surface area contributed by atoms with Gasteiger partial charge in [0.2, 0.25) is 6.79 Å². The Bertz CT molecular complexity index is 812. The van der Waals surface area contributed by atoms with Crippen LogP contribution in [0.15, 0.2) is 54.7 Å². The molecular formula is C17H14N2O3. The summed E-state index contributed by atoms with van der Waals surface area (Å²) in [6.45, 7) is 0.167. The highest BCUT2D eigenvalue weighted by molar-refractivity contribution is 5.67. The standard InChI is InChI=1S/C17H14N2O3/c20-10-13-9-19(14-4-2-1-3-5-14)18-17(13)12-6-7-15-16(8-12)22-11-21-15/h1-9,20H,10-11H2. The molecule has 0 bridgehead atoms. The van der Waals surface area contributed by atoms with Crippen molar-refractivity contribution in [1.82, 2.24) is 9.78 Å². The van der Waals surface area contributed by atoms with E-state index in [9.17, 15) is 5.11 Å². The number of aliphatic hydroxyl groups excluding tert-OH is 1. The summed E-state index contributed by atoms with van der Waals surface area (Å²) >= 11 is 0. The minimum absolute atomic E-state index is 0.0728. The average Bonchev–Trinajstić information content (AvgIpc) is 3.21. The molecule has 0 spiro atoms. The number of para-hydroxylation sites is 1. The molecule has 5 nitrogen and oxygen atoms in total. The summed E-state index contributed by atoms with van der Waals surface area (Å²) in [4.78, 5) is 0. The Morgan fingerprint density at radius 1 is 1.05 bits per heavy atom. The van der Waals surface area contributed by atoms with Gasteiger partial charge in [-0.15, -0.1) is 0 Å². The quantitative estimate of drug-likeness (QED) is 0.807. The number of nitrogens with zero attached hydrogens (tertiary/aromatic N) is 2. The van der Waals surface area contributed by atoms with Gasteiger partial charge in [-0.3, -0.25) is 0 Å². The van der Waals surface area contributed by atoms with Crippen LogP contribution >= 0.6 is 0 Å². The van der Waals surface area contributed by atoms with Gasteiger partial charge in [-0.1, -0.05) is 18.2 Å². The van der Waals surface area contributed by atoms with Crippen molar-refractivity contribution in [3.8, 4) is 28.4 Å². The van der Waals surface area contributed by atoms with Gasteiger partial charge < -0.3 is 14.6 Å². The SMILES string of the molecule is OCc1cn(-c2ccccc2)nc1-c1ccc2c(c1)OCO2. The zero-order valence-corrected chi connectivity index (χ0v) is 11.8. The first-order valence-corrected chi connectivity index (χ1v) is 7.00. The molecule has 3 aromatic rings. The summed E-state index contributed by atoms with van der Waals surface area (Å²) in [5.41, 5.74) is 3.35.